The first-order chi connectivity index (χ1) is 20.0. The van der Waals surface area contributed by atoms with Crippen LogP contribution in [0.4, 0.5) is 15.2 Å². The number of carbonyl (C=O) groups is 3. The first-order valence-electron chi connectivity index (χ1n) is 12.8. The number of hydrogen-bond acceptors (Lipinski definition) is 10. The average Bonchev–Trinajstić information content (AvgIpc) is 3.39. The van der Waals surface area contributed by atoms with Crippen LogP contribution in [0.5, 0.6) is 0 Å². The van der Waals surface area contributed by atoms with Gasteiger partial charge in [-0.2, -0.15) is 5.26 Å². The number of anilines is 2. The molecule has 2 aliphatic rings. The summed E-state index contributed by atoms with van der Waals surface area (Å²) in [6, 6.07) is 14.1. The van der Waals surface area contributed by atoms with E-state index in [0.717, 1.165) is 23.1 Å². The zero-order chi connectivity index (χ0) is 30.2. The number of hydrogen-bond donors (Lipinski definition) is 3. The lowest BCUT2D eigenvalue weighted by molar-refractivity contribution is -0.118. The molecule has 1 amide bonds. The van der Waals surface area contributed by atoms with Gasteiger partial charge in [0.25, 0.3) is 0 Å². The monoisotopic (exact) mass is 604 g/mol. The third-order valence-electron chi connectivity index (χ3n) is 6.90. The number of benzene rings is 2. The van der Waals surface area contributed by atoms with Gasteiger partial charge in [0.1, 0.15) is 11.6 Å². The Bertz CT molecular complexity index is 1720. The minimum absolute atomic E-state index is 0.0322. The van der Waals surface area contributed by atoms with Crippen molar-refractivity contribution in [3.63, 3.8) is 0 Å². The number of halogens is 1. The second kappa shape index (κ2) is 11.4. The summed E-state index contributed by atoms with van der Waals surface area (Å²) in [7, 11) is 0. The fraction of sp³-hybridized carbons (Fsp3) is 0.241. The zero-order valence-corrected chi connectivity index (χ0v) is 24.2. The van der Waals surface area contributed by atoms with E-state index in [1.54, 1.807) is 29.2 Å². The van der Waals surface area contributed by atoms with Crippen molar-refractivity contribution in [2.24, 2.45) is 11.1 Å². The molecule has 0 saturated heterocycles. The summed E-state index contributed by atoms with van der Waals surface area (Å²) in [5, 5.41) is 30.7. The molecule has 1 aromatic heterocycles. The van der Waals surface area contributed by atoms with E-state index in [1.165, 1.54) is 24.3 Å². The molecule has 0 fully saturated rings. The molecule has 1 aliphatic heterocycles. The Morgan fingerprint density at radius 1 is 1.24 bits per heavy atom. The van der Waals surface area contributed by atoms with Crippen molar-refractivity contribution in [2.75, 3.05) is 16.0 Å². The molecule has 0 bridgehead atoms. The van der Waals surface area contributed by atoms with Crippen LogP contribution < -0.4 is 16.0 Å². The molecule has 0 spiro atoms. The van der Waals surface area contributed by atoms with Crippen molar-refractivity contribution in [3.05, 3.63) is 88.1 Å². The lowest BCUT2D eigenvalue weighted by Gasteiger charge is -2.42. The van der Waals surface area contributed by atoms with E-state index in [0.29, 0.717) is 32.8 Å². The van der Waals surface area contributed by atoms with E-state index in [4.69, 9.17) is 10.8 Å². The molecule has 0 radical (unpaired) electrons. The number of ketones is 1. The van der Waals surface area contributed by atoms with E-state index in [2.05, 4.69) is 21.6 Å². The van der Waals surface area contributed by atoms with Crippen molar-refractivity contribution >= 4 is 51.6 Å². The SMILES string of the molecule is CC1(C)CC(=O)C2=C(C1)N(c1nnc(SCC(=O)Nc3cccc(C(=O)O)c3)s1)C(N)=C(C#N)C2c1ccccc1F. The predicted molar refractivity (Wildman–Crippen MR) is 156 cm³/mol. The first kappa shape index (κ1) is 29.0. The lowest BCUT2D eigenvalue weighted by Crippen LogP contribution is -2.42. The van der Waals surface area contributed by atoms with E-state index in [9.17, 15) is 19.6 Å². The summed E-state index contributed by atoms with van der Waals surface area (Å²) >= 11 is 2.25. The third kappa shape index (κ3) is 5.63. The Morgan fingerprint density at radius 3 is 2.71 bits per heavy atom. The third-order valence-corrected chi connectivity index (χ3v) is 8.95. The first-order valence-corrected chi connectivity index (χ1v) is 14.6. The van der Waals surface area contributed by atoms with Crippen molar-refractivity contribution in [3.8, 4) is 6.07 Å². The Morgan fingerprint density at radius 2 is 2.00 bits per heavy atom. The average molecular weight is 605 g/mol. The number of aromatic nitrogens is 2. The van der Waals surface area contributed by atoms with Crippen LogP contribution >= 0.6 is 23.1 Å². The van der Waals surface area contributed by atoms with Gasteiger partial charge in [-0.25, -0.2) is 9.18 Å². The number of carboxylic acid groups (broad SMARTS) is 1. The van der Waals surface area contributed by atoms with E-state index in [-0.39, 0.29) is 46.4 Å². The highest BCUT2D eigenvalue weighted by atomic mass is 32.2. The predicted octanol–water partition coefficient (Wildman–Crippen LogP) is 5.05. The highest BCUT2D eigenvalue weighted by Gasteiger charge is 2.46. The largest absolute Gasteiger partial charge is 0.478 e. The van der Waals surface area contributed by atoms with Gasteiger partial charge in [-0.15, -0.1) is 10.2 Å². The number of allylic oxidation sites excluding steroid dienone is 3. The molecule has 42 heavy (non-hydrogen) atoms. The number of nitriles is 1. The van der Waals surface area contributed by atoms with Crippen molar-refractivity contribution < 1.29 is 23.9 Å². The highest BCUT2D eigenvalue weighted by Crippen LogP contribution is 2.51. The minimum atomic E-state index is -1.10. The molecule has 5 rings (SSSR count). The number of amides is 1. The number of carbonyl (C=O) groups excluding carboxylic acids is 2. The maximum atomic E-state index is 15.0. The Balaban J connectivity index is 1.44. The van der Waals surface area contributed by atoms with Gasteiger partial charge in [0.05, 0.1) is 28.9 Å². The van der Waals surface area contributed by atoms with Gasteiger partial charge in [0.2, 0.25) is 11.0 Å². The van der Waals surface area contributed by atoms with E-state index >= 15 is 4.39 Å². The number of nitrogens with two attached hydrogens (primary N) is 1. The molecule has 1 aliphatic carbocycles. The Hall–Kier alpha value is -4.54. The van der Waals surface area contributed by atoms with Gasteiger partial charge in [-0.1, -0.05) is 61.2 Å². The number of carboxylic acids is 1. The molecule has 214 valence electrons. The minimum Gasteiger partial charge on any atom is -0.478 e. The highest BCUT2D eigenvalue weighted by molar-refractivity contribution is 8.01. The zero-order valence-electron chi connectivity index (χ0n) is 22.6. The molecule has 4 N–H and O–H groups in total. The molecule has 10 nitrogen and oxygen atoms in total. The normalized spacial score (nSPS) is 18.0. The van der Waals surface area contributed by atoms with Crippen LogP contribution in [0, 0.1) is 22.6 Å². The summed E-state index contributed by atoms with van der Waals surface area (Å²) in [4.78, 5) is 38.9. The maximum Gasteiger partial charge on any atom is 0.335 e. The van der Waals surface area contributed by atoms with E-state index in [1.807, 2.05) is 13.8 Å². The van der Waals surface area contributed by atoms with Gasteiger partial charge in [-0.3, -0.25) is 14.5 Å². The second-order valence-electron chi connectivity index (χ2n) is 10.6. The van der Waals surface area contributed by atoms with E-state index < -0.39 is 23.1 Å². The van der Waals surface area contributed by atoms with Crippen LogP contribution in [0.1, 0.15) is 48.5 Å². The molecule has 3 aromatic rings. The second-order valence-corrected chi connectivity index (χ2v) is 12.8. The molecule has 1 unspecified atom stereocenters. The van der Waals surface area contributed by atoms with Gasteiger partial charge in [0, 0.05) is 28.9 Å². The maximum absolute atomic E-state index is 15.0. The lowest BCUT2D eigenvalue weighted by atomic mass is 9.68. The number of rotatable bonds is 7. The van der Waals surface area contributed by atoms with Crippen LogP contribution in [0.2, 0.25) is 0 Å². The molecular formula is C29H25FN6O4S2. The van der Waals surface area contributed by atoms with Crippen LogP contribution in [0.3, 0.4) is 0 Å². The summed E-state index contributed by atoms with van der Waals surface area (Å²) in [6.07, 6.45) is 0.656. The van der Waals surface area contributed by atoms with Crippen LogP contribution in [-0.2, 0) is 9.59 Å². The molecular weight excluding hydrogens is 579 g/mol. The van der Waals surface area contributed by atoms with Gasteiger partial charge < -0.3 is 16.2 Å². The number of Topliss-reactive ketones (excluding diaryl/α,β-unsaturated/α-hetero) is 1. The molecule has 2 heterocycles. The van der Waals surface area contributed by atoms with Crippen molar-refractivity contribution in [1.82, 2.24) is 10.2 Å². The standard InChI is InChI=1S/C29H25FN6O4S2/c1-29(2)11-20-24(21(37)12-29)23(17-8-3-4-9-19(17)30)18(13-31)25(32)36(20)27-34-35-28(42-27)41-14-22(38)33-16-7-5-6-15(10-16)26(39)40/h3-10,23H,11-12,14,32H2,1-2H3,(H,33,38)(H,39,40). The number of aromatic carboxylic acids is 1. The molecule has 1 atom stereocenters. The quantitative estimate of drug-likeness (QED) is 0.311. The van der Waals surface area contributed by atoms with Crippen molar-refractivity contribution in [2.45, 2.75) is 36.9 Å². The van der Waals surface area contributed by atoms with Crippen molar-refractivity contribution in [1.29, 1.82) is 5.26 Å². The summed E-state index contributed by atoms with van der Waals surface area (Å²) in [5.41, 5.74) is 7.66. The number of nitrogens with one attached hydrogen (secondary N) is 1. The topological polar surface area (TPSA) is 162 Å². The number of nitrogens with zero attached hydrogens (tertiary/aromatic N) is 4. The van der Waals surface area contributed by atoms with Crippen LogP contribution in [-0.4, -0.2) is 38.7 Å². The summed E-state index contributed by atoms with van der Waals surface area (Å²) in [6.45, 7) is 3.91. The molecule has 0 saturated carbocycles. The number of thioether (sulfide) groups is 1. The van der Waals surface area contributed by atoms with Gasteiger partial charge in [-0.05, 0) is 36.1 Å². The molecule has 2 aromatic carbocycles. The fourth-order valence-corrected chi connectivity index (χ4v) is 6.83. The Labute approximate surface area is 248 Å². The summed E-state index contributed by atoms with van der Waals surface area (Å²) in [5.74, 6) is -3.15. The van der Waals surface area contributed by atoms with Crippen LogP contribution in [0.15, 0.2) is 75.5 Å². The van der Waals surface area contributed by atoms with Gasteiger partial charge in [0.15, 0.2) is 10.1 Å². The van der Waals surface area contributed by atoms with Gasteiger partial charge >= 0.3 is 5.97 Å². The molecule has 13 heteroatoms. The fourth-order valence-electron chi connectivity index (χ4n) is 5.15. The summed E-state index contributed by atoms with van der Waals surface area (Å²) < 4.78 is 15.4. The van der Waals surface area contributed by atoms with Crippen LogP contribution in [0.25, 0.3) is 0 Å². The smallest absolute Gasteiger partial charge is 0.335 e. The Kier molecular flexibility index (Phi) is 7.85.